The lowest BCUT2D eigenvalue weighted by Gasteiger charge is -2.21. The summed E-state index contributed by atoms with van der Waals surface area (Å²) in [6, 6.07) is 15.4. The molecule has 0 saturated heterocycles. The van der Waals surface area contributed by atoms with E-state index in [-0.39, 0.29) is 12.0 Å². The first kappa shape index (κ1) is 17.3. The summed E-state index contributed by atoms with van der Waals surface area (Å²) in [5.41, 5.74) is 2.74. The van der Waals surface area contributed by atoms with Crippen LogP contribution < -0.4 is 4.74 Å². The van der Waals surface area contributed by atoms with Crippen molar-refractivity contribution in [2.75, 3.05) is 13.6 Å². The van der Waals surface area contributed by atoms with Crippen LogP contribution in [0.2, 0.25) is 0 Å². The molecule has 2 heterocycles. The average molecular weight is 362 g/mol. The molecule has 0 saturated carbocycles. The fourth-order valence-electron chi connectivity index (χ4n) is 3.31. The molecule has 1 aromatic heterocycles. The van der Waals surface area contributed by atoms with Gasteiger partial charge in [0.15, 0.2) is 5.82 Å². The molecule has 0 radical (unpaired) electrons. The van der Waals surface area contributed by atoms with Crippen LogP contribution in [0.3, 0.4) is 0 Å². The summed E-state index contributed by atoms with van der Waals surface area (Å²) >= 11 is 0. The lowest BCUT2D eigenvalue weighted by molar-refractivity contribution is 0.0730. The van der Waals surface area contributed by atoms with Gasteiger partial charge in [0.05, 0.1) is 6.54 Å². The van der Waals surface area contributed by atoms with Gasteiger partial charge < -0.3 is 9.64 Å². The first-order chi connectivity index (χ1) is 13.0. The monoisotopic (exact) mass is 362 g/mol. The topological polar surface area (TPSA) is 60.3 Å². The summed E-state index contributed by atoms with van der Waals surface area (Å²) in [5, 5.41) is 4.37. The number of aryl methyl sites for hydroxylation is 2. The second kappa shape index (κ2) is 6.87. The second-order valence-corrected chi connectivity index (χ2v) is 6.92. The number of ether oxygens (including phenoxy) is 1. The SMILES string of the molecule is Cc1nc(-c2ccc(C(=O)N(C)C[C@H]3Cc4ccccc4O3)cc2)nn1C. The quantitative estimate of drug-likeness (QED) is 0.716. The number of carbonyl (C=O) groups excluding carboxylic acids is 1. The first-order valence-electron chi connectivity index (χ1n) is 8.99. The third kappa shape index (κ3) is 3.43. The Balaban J connectivity index is 1.42. The van der Waals surface area contributed by atoms with Gasteiger partial charge in [-0.25, -0.2) is 4.98 Å². The Morgan fingerprint density at radius 2 is 1.96 bits per heavy atom. The standard InChI is InChI=1S/C21H22N4O2/c1-14-22-20(23-25(14)3)15-8-10-16(11-9-15)21(26)24(2)13-18-12-17-6-4-5-7-19(17)27-18/h4-11,18H,12-13H2,1-3H3/t18-/m1/s1. The largest absolute Gasteiger partial charge is 0.488 e. The predicted molar refractivity (Wildman–Crippen MR) is 103 cm³/mol. The number of nitrogens with zero attached hydrogens (tertiary/aromatic N) is 4. The van der Waals surface area contributed by atoms with Crippen molar-refractivity contribution >= 4 is 5.91 Å². The number of rotatable bonds is 4. The molecule has 0 unspecified atom stereocenters. The number of fused-ring (bicyclic) bond motifs is 1. The molecule has 1 aliphatic rings. The minimum atomic E-state index is -0.0220. The third-order valence-electron chi connectivity index (χ3n) is 4.91. The fourth-order valence-corrected chi connectivity index (χ4v) is 3.31. The molecule has 138 valence electrons. The zero-order valence-electron chi connectivity index (χ0n) is 15.7. The summed E-state index contributed by atoms with van der Waals surface area (Å²) in [6.45, 7) is 2.46. The van der Waals surface area contributed by atoms with Crippen molar-refractivity contribution in [1.82, 2.24) is 19.7 Å². The highest BCUT2D eigenvalue weighted by atomic mass is 16.5. The van der Waals surface area contributed by atoms with Gasteiger partial charge in [0, 0.05) is 31.6 Å². The van der Waals surface area contributed by atoms with Crippen molar-refractivity contribution in [3.8, 4) is 17.1 Å². The van der Waals surface area contributed by atoms with Crippen LogP contribution in [0.5, 0.6) is 5.75 Å². The predicted octanol–water partition coefficient (Wildman–Crippen LogP) is 2.87. The summed E-state index contributed by atoms with van der Waals surface area (Å²) in [7, 11) is 3.67. The number of amides is 1. The van der Waals surface area contributed by atoms with Gasteiger partial charge in [0.25, 0.3) is 5.91 Å². The third-order valence-corrected chi connectivity index (χ3v) is 4.91. The highest BCUT2D eigenvalue weighted by Gasteiger charge is 2.25. The molecule has 0 N–H and O–H groups in total. The Kier molecular flexibility index (Phi) is 4.39. The van der Waals surface area contributed by atoms with E-state index in [1.54, 1.807) is 9.58 Å². The maximum Gasteiger partial charge on any atom is 0.253 e. The van der Waals surface area contributed by atoms with Gasteiger partial charge in [-0.05, 0) is 30.7 Å². The van der Waals surface area contributed by atoms with E-state index in [9.17, 15) is 4.79 Å². The molecule has 0 bridgehead atoms. The smallest absolute Gasteiger partial charge is 0.253 e. The number of aromatic nitrogens is 3. The van der Waals surface area contributed by atoms with Crippen molar-refractivity contribution < 1.29 is 9.53 Å². The van der Waals surface area contributed by atoms with Crippen molar-refractivity contribution in [2.45, 2.75) is 19.4 Å². The summed E-state index contributed by atoms with van der Waals surface area (Å²) in [6.07, 6.45) is 0.827. The minimum absolute atomic E-state index is 0.00341. The Hall–Kier alpha value is -3.15. The Labute approximate surface area is 158 Å². The van der Waals surface area contributed by atoms with Crippen molar-refractivity contribution in [3.63, 3.8) is 0 Å². The van der Waals surface area contributed by atoms with Gasteiger partial charge in [-0.2, -0.15) is 5.10 Å². The van der Waals surface area contributed by atoms with Crippen LogP contribution in [0.1, 0.15) is 21.7 Å². The number of carbonyl (C=O) groups is 1. The number of para-hydroxylation sites is 1. The molecule has 6 nitrogen and oxygen atoms in total. The van der Waals surface area contributed by atoms with Crippen LogP contribution in [0.25, 0.3) is 11.4 Å². The lowest BCUT2D eigenvalue weighted by Crippen LogP contribution is -2.36. The zero-order valence-corrected chi connectivity index (χ0v) is 15.7. The molecule has 0 aliphatic carbocycles. The van der Waals surface area contributed by atoms with Crippen LogP contribution in [0, 0.1) is 6.92 Å². The van der Waals surface area contributed by atoms with Crippen molar-refractivity contribution in [1.29, 1.82) is 0 Å². The minimum Gasteiger partial charge on any atom is -0.488 e. The Morgan fingerprint density at radius 3 is 2.63 bits per heavy atom. The molecule has 1 atom stereocenters. The number of likely N-dealkylation sites (N-methyl/N-ethyl adjacent to an activating group) is 1. The molecule has 1 amide bonds. The summed E-state index contributed by atoms with van der Waals surface area (Å²) in [5.74, 6) is 2.42. The summed E-state index contributed by atoms with van der Waals surface area (Å²) < 4.78 is 7.68. The van der Waals surface area contributed by atoms with Gasteiger partial charge >= 0.3 is 0 Å². The van der Waals surface area contributed by atoms with Crippen LogP contribution in [0.4, 0.5) is 0 Å². The number of benzene rings is 2. The van der Waals surface area contributed by atoms with Crippen molar-refractivity contribution in [2.24, 2.45) is 7.05 Å². The van der Waals surface area contributed by atoms with Gasteiger partial charge in [0.1, 0.15) is 17.7 Å². The molecular formula is C21H22N4O2. The van der Waals surface area contributed by atoms with Gasteiger partial charge in [-0.1, -0.05) is 30.3 Å². The second-order valence-electron chi connectivity index (χ2n) is 6.92. The molecule has 1 aliphatic heterocycles. The average Bonchev–Trinajstić information content (AvgIpc) is 3.23. The Bertz CT molecular complexity index is 934. The normalized spacial score (nSPS) is 15.3. The van der Waals surface area contributed by atoms with E-state index in [4.69, 9.17) is 4.74 Å². The van der Waals surface area contributed by atoms with E-state index in [1.807, 2.05) is 63.5 Å². The van der Waals surface area contributed by atoms with Crippen LogP contribution >= 0.6 is 0 Å². The maximum atomic E-state index is 12.7. The zero-order chi connectivity index (χ0) is 19.0. The van der Waals surface area contributed by atoms with Gasteiger partial charge in [-0.3, -0.25) is 9.48 Å². The first-order valence-corrected chi connectivity index (χ1v) is 8.99. The molecule has 0 fully saturated rings. The summed E-state index contributed by atoms with van der Waals surface area (Å²) in [4.78, 5) is 18.9. The van der Waals surface area contributed by atoms with E-state index in [1.165, 1.54) is 5.56 Å². The van der Waals surface area contributed by atoms with Crippen LogP contribution in [-0.2, 0) is 13.5 Å². The molecule has 2 aromatic carbocycles. The highest BCUT2D eigenvalue weighted by molar-refractivity contribution is 5.94. The van der Waals surface area contributed by atoms with E-state index in [0.29, 0.717) is 17.9 Å². The van der Waals surface area contributed by atoms with Gasteiger partial charge in [0.2, 0.25) is 0 Å². The highest BCUT2D eigenvalue weighted by Crippen LogP contribution is 2.28. The maximum absolute atomic E-state index is 12.7. The Morgan fingerprint density at radius 1 is 1.22 bits per heavy atom. The van der Waals surface area contributed by atoms with Gasteiger partial charge in [-0.15, -0.1) is 0 Å². The molecule has 0 spiro atoms. The fraction of sp³-hybridized carbons (Fsp3) is 0.286. The molecule has 4 rings (SSSR count). The van der Waals surface area contributed by atoms with E-state index < -0.39 is 0 Å². The number of hydrogen-bond acceptors (Lipinski definition) is 4. The molecule has 27 heavy (non-hydrogen) atoms. The molecule has 3 aromatic rings. The van der Waals surface area contributed by atoms with E-state index in [2.05, 4.69) is 16.1 Å². The van der Waals surface area contributed by atoms with Crippen molar-refractivity contribution in [3.05, 3.63) is 65.5 Å². The van der Waals surface area contributed by atoms with Crippen LogP contribution in [0.15, 0.2) is 48.5 Å². The van der Waals surface area contributed by atoms with E-state index >= 15 is 0 Å². The number of hydrogen-bond donors (Lipinski definition) is 0. The van der Waals surface area contributed by atoms with Crippen LogP contribution in [-0.4, -0.2) is 45.3 Å². The lowest BCUT2D eigenvalue weighted by atomic mass is 10.1. The molecular weight excluding hydrogens is 340 g/mol. The van der Waals surface area contributed by atoms with E-state index in [0.717, 1.165) is 23.6 Å². The molecule has 6 heteroatoms.